The average Bonchev–Trinajstić information content (AvgIpc) is 2.74. The van der Waals surface area contributed by atoms with E-state index in [-0.39, 0.29) is 0 Å². The fraction of sp³-hybridized carbons (Fsp3) is 0.125. The molecule has 0 amide bonds. The maximum atomic E-state index is 6.24. The molecule has 146 valence electrons. The molecule has 4 aromatic rings. The van der Waals surface area contributed by atoms with Gasteiger partial charge in [0.05, 0.1) is 18.2 Å². The fourth-order valence-electron chi connectivity index (χ4n) is 3.10. The minimum Gasteiger partial charge on any atom is -0.497 e. The van der Waals surface area contributed by atoms with Crippen LogP contribution < -0.4 is 15.0 Å². The standard InChI is InChI=1S/C24H21ClN2O2/c1-27(2)19-9-7-18(8-10-19)26-22-15-24(16-4-11-20(28-3)12-5-16)29-23-13-6-17(25)14-21(22)23/h4-15H,1-3H3. The summed E-state index contributed by atoms with van der Waals surface area (Å²) in [6.07, 6.45) is 0. The van der Waals surface area contributed by atoms with Crippen LogP contribution in [-0.4, -0.2) is 21.2 Å². The number of halogens is 1. The zero-order chi connectivity index (χ0) is 20.4. The Balaban J connectivity index is 1.89. The lowest BCUT2D eigenvalue weighted by molar-refractivity contribution is 0.415. The topological polar surface area (TPSA) is 38.0 Å². The monoisotopic (exact) mass is 404 g/mol. The number of fused-ring (bicyclic) bond motifs is 1. The molecule has 0 radical (unpaired) electrons. The predicted octanol–water partition coefficient (Wildman–Crippen LogP) is 6.06. The van der Waals surface area contributed by atoms with Crippen molar-refractivity contribution in [3.63, 3.8) is 0 Å². The SMILES string of the molecule is COc1ccc(-c2cc(=Nc3ccc(N(C)C)cc3)c3cc(Cl)ccc3o2)cc1. The largest absolute Gasteiger partial charge is 0.497 e. The van der Waals surface area contributed by atoms with Crippen LogP contribution in [0.5, 0.6) is 5.75 Å². The van der Waals surface area contributed by atoms with Crippen LogP contribution in [0.3, 0.4) is 0 Å². The van der Waals surface area contributed by atoms with Crippen LogP contribution in [0.2, 0.25) is 5.02 Å². The molecular weight excluding hydrogens is 384 g/mol. The molecule has 3 aromatic carbocycles. The summed E-state index contributed by atoms with van der Waals surface area (Å²) in [4.78, 5) is 6.93. The number of nitrogens with zero attached hydrogens (tertiary/aromatic N) is 2. The van der Waals surface area contributed by atoms with Crippen molar-refractivity contribution in [3.05, 3.63) is 83.2 Å². The van der Waals surface area contributed by atoms with Crippen molar-refractivity contribution < 1.29 is 9.15 Å². The summed E-state index contributed by atoms with van der Waals surface area (Å²) >= 11 is 6.24. The molecule has 4 rings (SSSR count). The van der Waals surface area contributed by atoms with E-state index in [2.05, 4.69) is 4.90 Å². The van der Waals surface area contributed by atoms with E-state index in [1.807, 2.05) is 86.9 Å². The van der Waals surface area contributed by atoms with Gasteiger partial charge in [-0.25, -0.2) is 4.99 Å². The first-order valence-electron chi connectivity index (χ1n) is 9.23. The molecule has 0 aliphatic heterocycles. The van der Waals surface area contributed by atoms with Crippen LogP contribution in [0.25, 0.3) is 22.3 Å². The Hall–Kier alpha value is -3.24. The number of anilines is 1. The van der Waals surface area contributed by atoms with Crippen molar-refractivity contribution in [2.45, 2.75) is 0 Å². The molecule has 0 N–H and O–H groups in total. The van der Waals surface area contributed by atoms with Crippen molar-refractivity contribution in [3.8, 4) is 17.1 Å². The zero-order valence-corrected chi connectivity index (χ0v) is 17.3. The van der Waals surface area contributed by atoms with Crippen LogP contribution in [-0.2, 0) is 0 Å². The highest BCUT2D eigenvalue weighted by atomic mass is 35.5. The Kier molecular flexibility index (Phi) is 5.28. The van der Waals surface area contributed by atoms with Gasteiger partial charge in [0, 0.05) is 41.8 Å². The summed E-state index contributed by atoms with van der Waals surface area (Å²) in [7, 11) is 5.68. The minimum atomic E-state index is 0.643. The molecule has 4 nitrogen and oxygen atoms in total. The van der Waals surface area contributed by atoms with Crippen LogP contribution >= 0.6 is 11.6 Å². The summed E-state index contributed by atoms with van der Waals surface area (Å²) in [5.74, 6) is 1.53. The summed E-state index contributed by atoms with van der Waals surface area (Å²) < 4.78 is 11.4. The number of hydrogen-bond donors (Lipinski definition) is 0. The van der Waals surface area contributed by atoms with Gasteiger partial charge in [0.1, 0.15) is 17.1 Å². The summed E-state index contributed by atoms with van der Waals surface area (Å²) in [5.41, 5.74) is 3.66. The molecule has 0 fully saturated rings. The molecule has 29 heavy (non-hydrogen) atoms. The molecule has 5 heteroatoms. The Morgan fingerprint density at radius 1 is 0.897 bits per heavy atom. The molecule has 0 bridgehead atoms. The predicted molar refractivity (Wildman–Crippen MR) is 119 cm³/mol. The highest BCUT2D eigenvalue weighted by Crippen LogP contribution is 2.26. The third-order valence-electron chi connectivity index (χ3n) is 4.70. The second-order valence-electron chi connectivity index (χ2n) is 6.89. The maximum Gasteiger partial charge on any atom is 0.136 e. The lowest BCUT2D eigenvalue weighted by Crippen LogP contribution is -2.08. The highest BCUT2D eigenvalue weighted by molar-refractivity contribution is 6.31. The molecular formula is C24H21ClN2O2. The molecule has 0 atom stereocenters. The van der Waals surface area contributed by atoms with E-state index in [0.29, 0.717) is 5.02 Å². The number of benzene rings is 3. The minimum absolute atomic E-state index is 0.643. The van der Waals surface area contributed by atoms with E-state index in [9.17, 15) is 0 Å². The van der Waals surface area contributed by atoms with Gasteiger partial charge >= 0.3 is 0 Å². The molecule has 0 aliphatic rings. The van der Waals surface area contributed by atoms with E-state index in [4.69, 9.17) is 25.7 Å². The van der Waals surface area contributed by atoms with Gasteiger partial charge in [-0.15, -0.1) is 0 Å². The van der Waals surface area contributed by atoms with Gasteiger partial charge < -0.3 is 14.1 Å². The number of methoxy groups -OCH3 is 1. The zero-order valence-electron chi connectivity index (χ0n) is 16.5. The van der Waals surface area contributed by atoms with E-state index in [1.165, 1.54) is 0 Å². The number of ether oxygens (including phenoxy) is 1. The van der Waals surface area contributed by atoms with Gasteiger partial charge in [0.25, 0.3) is 0 Å². The lowest BCUT2D eigenvalue weighted by Gasteiger charge is -2.11. The van der Waals surface area contributed by atoms with E-state index < -0.39 is 0 Å². The maximum absolute atomic E-state index is 6.24. The summed E-state index contributed by atoms with van der Waals surface area (Å²) in [6.45, 7) is 0. The van der Waals surface area contributed by atoms with Gasteiger partial charge in [-0.3, -0.25) is 0 Å². The Bertz CT molecular complexity index is 1210. The van der Waals surface area contributed by atoms with Crippen molar-refractivity contribution >= 4 is 33.9 Å². The normalized spacial score (nSPS) is 11.7. The Morgan fingerprint density at radius 3 is 2.28 bits per heavy atom. The Morgan fingerprint density at radius 2 is 1.62 bits per heavy atom. The van der Waals surface area contributed by atoms with Gasteiger partial charge in [-0.1, -0.05) is 11.6 Å². The number of hydrogen-bond acceptors (Lipinski definition) is 4. The molecule has 0 unspecified atom stereocenters. The lowest BCUT2D eigenvalue weighted by atomic mass is 10.1. The van der Waals surface area contributed by atoms with Gasteiger partial charge in [-0.2, -0.15) is 0 Å². The first-order chi connectivity index (χ1) is 14.0. The van der Waals surface area contributed by atoms with E-state index in [0.717, 1.165) is 44.8 Å². The molecule has 0 spiro atoms. The van der Waals surface area contributed by atoms with E-state index in [1.54, 1.807) is 7.11 Å². The van der Waals surface area contributed by atoms with Gasteiger partial charge in [0.2, 0.25) is 0 Å². The van der Waals surface area contributed by atoms with Crippen LogP contribution in [0.15, 0.2) is 82.2 Å². The second kappa shape index (κ2) is 8.02. The van der Waals surface area contributed by atoms with Crippen LogP contribution in [0.4, 0.5) is 11.4 Å². The average molecular weight is 405 g/mol. The molecule has 0 aliphatic carbocycles. The van der Waals surface area contributed by atoms with Crippen molar-refractivity contribution in [2.24, 2.45) is 4.99 Å². The smallest absolute Gasteiger partial charge is 0.136 e. The van der Waals surface area contributed by atoms with Crippen molar-refractivity contribution in [2.75, 3.05) is 26.1 Å². The first kappa shape index (κ1) is 19.1. The third-order valence-corrected chi connectivity index (χ3v) is 4.93. The van der Waals surface area contributed by atoms with E-state index >= 15 is 0 Å². The van der Waals surface area contributed by atoms with Crippen LogP contribution in [0.1, 0.15) is 0 Å². The van der Waals surface area contributed by atoms with Crippen molar-refractivity contribution in [1.82, 2.24) is 0 Å². The van der Waals surface area contributed by atoms with Gasteiger partial charge in [0.15, 0.2) is 0 Å². The fourth-order valence-corrected chi connectivity index (χ4v) is 3.27. The van der Waals surface area contributed by atoms with Gasteiger partial charge in [-0.05, 0) is 66.7 Å². The summed E-state index contributed by atoms with van der Waals surface area (Å²) in [5, 5.41) is 2.31. The molecule has 0 saturated carbocycles. The Labute approximate surface area is 174 Å². The van der Waals surface area contributed by atoms with Crippen molar-refractivity contribution in [1.29, 1.82) is 0 Å². The first-order valence-corrected chi connectivity index (χ1v) is 9.61. The molecule has 1 aromatic heterocycles. The quantitative estimate of drug-likeness (QED) is 0.415. The summed E-state index contributed by atoms with van der Waals surface area (Å²) in [6, 6.07) is 23.4. The molecule has 1 heterocycles. The molecule has 0 saturated heterocycles. The second-order valence-corrected chi connectivity index (χ2v) is 7.32. The third kappa shape index (κ3) is 4.13. The van der Waals surface area contributed by atoms with Crippen LogP contribution in [0, 0.1) is 0 Å². The highest BCUT2D eigenvalue weighted by Gasteiger charge is 2.08. The number of rotatable bonds is 4.